The second kappa shape index (κ2) is 5.96. The van der Waals surface area contributed by atoms with Gasteiger partial charge in [0, 0.05) is 10.9 Å². The van der Waals surface area contributed by atoms with E-state index >= 15 is 0 Å². The molecule has 0 aliphatic carbocycles. The first kappa shape index (κ1) is 14.8. The summed E-state index contributed by atoms with van der Waals surface area (Å²) in [6, 6.07) is 14.9. The van der Waals surface area contributed by atoms with Gasteiger partial charge in [-0.1, -0.05) is 24.3 Å². The molecule has 5 heteroatoms. The van der Waals surface area contributed by atoms with Gasteiger partial charge in [0.1, 0.15) is 11.4 Å². The van der Waals surface area contributed by atoms with Crippen LogP contribution < -0.4 is 10.5 Å². The number of carbonyl (C=O) groups is 1. The minimum absolute atomic E-state index is 0.260. The number of hydrogen-bond donors (Lipinski definition) is 1. The maximum atomic E-state index is 11.9. The first-order chi connectivity index (χ1) is 11.1. The Morgan fingerprint density at radius 1 is 1.09 bits per heavy atom. The van der Waals surface area contributed by atoms with Crippen molar-refractivity contribution in [3.8, 4) is 17.0 Å². The number of nitrogens with zero attached hydrogens (tertiary/aromatic N) is 1. The highest BCUT2D eigenvalue weighted by Crippen LogP contribution is 2.32. The van der Waals surface area contributed by atoms with Gasteiger partial charge in [0.25, 0.3) is 0 Å². The van der Waals surface area contributed by atoms with Crippen molar-refractivity contribution in [3.63, 3.8) is 0 Å². The van der Waals surface area contributed by atoms with Crippen molar-refractivity contribution in [2.75, 3.05) is 20.0 Å². The van der Waals surface area contributed by atoms with E-state index in [-0.39, 0.29) is 5.69 Å². The lowest BCUT2D eigenvalue weighted by Crippen LogP contribution is -2.05. The molecule has 23 heavy (non-hydrogen) atoms. The van der Waals surface area contributed by atoms with E-state index in [1.54, 1.807) is 25.3 Å². The Morgan fingerprint density at radius 3 is 2.57 bits per heavy atom. The molecule has 0 saturated carbocycles. The molecule has 0 unspecified atom stereocenters. The van der Waals surface area contributed by atoms with Crippen molar-refractivity contribution >= 4 is 22.4 Å². The fourth-order valence-corrected chi connectivity index (χ4v) is 2.51. The number of anilines is 1. The molecule has 1 aromatic heterocycles. The summed E-state index contributed by atoms with van der Waals surface area (Å²) in [5, 5.41) is 1.84. The monoisotopic (exact) mass is 308 g/mol. The standard InChI is InChI=1S/C18H16N2O3/c1-22-16-8-7-12(9-14(16)19)17-13-6-4-3-5-11(13)10-15(20-17)18(21)23-2/h3-10H,19H2,1-2H3. The molecule has 3 aromatic rings. The number of carbonyl (C=O) groups excluding carboxylic acids is 1. The third kappa shape index (κ3) is 2.68. The van der Waals surface area contributed by atoms with E-state index in [0.717, 1.165) is 16.3 Å². The Morgan fingerprint density at radius 2 is 1.87 bits per heavy atom. The third-order valence-electron chi connectivity index (χ3n) is 3.64. The predicted octanol–water partition coefficient (Wildman–Crippen LogP) is 3.28. The van der Waals surface area contributed by atoms with E-state index in [4.69, 9.17) is 15.2 Å². The summed E-state index contributed by atoms with van der Waals surface area (Å²) in [6.45, 7) is 0. The van der Waals surface area contributed by atoms with Crippen LogP contribution in [0.5, 0.6) is 5.75 Å². The molecule has 0 amide bonds. The molecule has 3 rings (SSSR count). The summed E-state index contributed by atoms with van der Waals surface area (Å²) in [5.74, 6) is 0.126. The number of nitrogen functional groups attached to an aromatic ring is 1. The number of rotatable bonds is 3. The van der Waals surface area contributed by atoms with Crippen LogP contribution in [0.2, 0.25) is 0 Å². The Hall–Kier alpha value is -3.08. The van der Waals surface area contributed by atoms with E-state index < -0.39 is 5.97 Å². The van der Waals surface area contributed by atoms with Gasteiger partial charge in [0.05, 0.1) is 25.6 Å². The normalized spacial score (nSPS) is 10.5. The van der Waals surface area contributed by atoms with E-state index in [0.29, 0.717) is 17.1 Å². The molecule has 116 valence electrons. The smallest absolute Gasteiger partial charge is 0.356 e. The molecular formula is C18H16N2O3. The van der Waals surface area contributed by atoms with Crippen molar-refractivity contribution < 1.29 is 14.3 Å². The van der Waals surface area contributed by atoms with E-state index in [1.807, 2.05) is 30.3 Å². The van der Waals surface area contributed by atoms with Gasteiger partial charge in [0.15, 0.2) is 0 Å². The number of ether oxygens (including phenoxy) is 2. The topological polar surface area (TPSA) is 74.4 Å². The summed E-state index contributed by atoms with van der Waals surface area (Å²) in [5.41, 5.74) is 8.25. The van der Waals surface area contributed by atoms with Crippen LogP contribution in [0.4, 0.5) is 5.69 Å². The molecule has 0 spiro atoms. The fraction of sp³-hybridized carbons (Fsp3) is 0.111. The van der Waals surface area contributed by atoms with Crippen LogP contribution in [0.15, 0.2) is 48.5 Å². The highest BCUT2D eigenvalue weighted by Gasteiger charge is 2.14. The largest absolute Gasteiger partial charge is 0.495 e. The average Bonchev–Trinajstić information content (AvgIpc) is 2.60. The SMILES string of the molecule is COC(=O)c1cc2ccccc2c(-c2ccc(OC)c(N)c2)n1. The maximum Gasteiger partial charge on any atom is 0.356 e. The zero-order chi connectivity index (χ0) is 16.4. The number of hydrogen-bond acceptors (Lipinski definition) is 5. The van der Waals surface area contributed by atoms with E-state index in [1.165, 1.54) is 7.11 Å². The first-order valence-electron chi connectivity index (χ1n) is 7.06. The molecule has 0 atom stereocenters. The van der Waals surface area contributed by atoms with Crippen molar-refractivity contribution in [2.24, 2.45) is 0 Å². The second-order valence-corrected chi connectivity index (χ2v) is 5.03. The van der Waals surface area contributed by atoms with Crippen molar-refractivity contribution in [2.45, 2.75) is 0 Å². The quantitative estimate of drug-likeness (QED) is 0.593. The summed E-state index contributed by atoms with van der Waals surface area (Å²) >= 11 is 0. The molecule has 2 aromatic carbocycles. The maximum absolute atomic E-state index is 11.9. The van der Waals surface area contributed by atoms with Gasteiger partial charge in [-0.2, -0.15) is 0 Å². The van der Waals surface area contributed by atoms with Gasteiger partial charge in [-0.05, 0) is 29.7 Å². The minimum atomic E-state index is -0.474. The van der Waals surface area contributed by atoms with Crippen molar-refractivity contribution in [3.05, 3.63) is 54.2 Å². The van der Waals surface area contributed by atoms with Crippen LogP contribution >= 0.6 is 0 Å². The van der Waals surface area contributed by atoms with Crippen molar-refractivity contribution in [1.82, 2.24) is 4.98 Å². The van der Waals surface area contributed by atoms with Gasteiger partial charge in [-0.3, -0.25) is 0 Å². The van der Waals surface area contributed by atoms with Crippen LogP contribution in [0.1, 0.15) is 10.5 Å². The van der Waals surface area contributed by atoms with Crippen LogP contribution in [-0.4, -0.2) is 25.2 Å². The summed E-state index contributed by atoms with van der Waals surface area (Å²) in [7, 11) is 2.90. The molecule has 0 aliphatic heterocycles. The number of nitrogens with two attached hydrogens (primary N) is 1. The fourth-order valence-electron chi connectivity index (χ4n) is 2.51. The van der Waals surface area contributed by atoms with E-state index in [9.17, 15) is 4.79 Å². The van der Waals surface area contributed by atoms with E-state index in [2.05, 4.69) is 4.98 Å². The molecule has 0 saturated heterocycles. The number of pyridine rings is 1. The lowest BCUT2D eigenvalue weighted by atomic mass is 10.0. The number of aromatic nitrogens is 1. The Kier molecular flexibility index (Phi) is 3.85. The van der Waals surface area contributed by atoms with Gasteiger partial charge >= 0.3 is 5.97 Å². The Balaban J connectivity index is 2.26. The zero-order valence-corrected chi connectivity index (χ0v) is 12.9. The predicted molar refractivity (Wildman–Crippen MR) is 89.5 cm³/mol. The van der Waals surface area contributed by atoms with Crippen LogP contribution in [0.3, 0.4) is 0 Å². The molecule has 0 bridgehead atoms. The highest BCUT2D eigenvalue weighted by atomic mass is 16.5. The number of methoxy groups -OCH3 is 2. The van der Waals surface area contributed by atoms with Crippen LogP contribution in [0, 0.1) is 0 Å². The minimum Gasteiger partial charge on any atom is -0.495 e. The molecule has 2 N–H and O–H groups in total. The first-order valence-corrected chi connectivity index (χ1v) is 7.06. The molecule has 0 radical (unpaired) electrons. The second-order valence-electron chi connectivity index (χ2n) is 5.03. The van der Waals surface area contributed by atoms with Gasteiger partial charge in [0.2, 0.25) is 0 Å². The number of esters is 1. The zero-order valence-electron chi connectivity index (χ0n) is 12.9. The van der Waals surface area contributed by atoms with Gasteiger partial charge < -0.3 is 15.2 Å². The number of benzene rings is 2. The number of fused-ring (bicyclic) bond motifs is 1. The molecule has 0 aliphatic rings. The Bertz CT molecular complexity index is 891. The lowest BCUT2D eigenvalue weighted by molar-refractivity contribution is 0.0594. The average molecular weight is 308 g/mol. The highest BCUT2D eigenvalue weighted by molar-refractivity contribution is 6.00. The van der Waals surface area contributed by atoms with Crippen LogP contribution in [-0.2, 0) is 4.74 Å². The molecule has 5 nitrogen and oxygen atoms in total. The Labute approximate surface area is 133 Å². The summed E-state index contributed by atoms with van der Waals surface area (Å²) in [4.78, 5) is 16.3. The lowest BCUT2D eigenvalue weighted by Gasteiger charge is -2.11. The third-order valence-corrected chi connectivity index (χ3v) is 3.64. The van der Waals surface area contributed by atoms with Gasteiger partial charge in [-0.25, -0.2) is 9.78 Å². The van der Waals surface area contributed by atoms with Crippen molar-refractivity contribution in [1.29, 1.82) is 0 Å². The molecular weight excluding hydrogens is 292 g/mol. The summed E-state index contributed by atoms with van der Waals surface area (Å²) < 4.78 is 9.97. The molecule has 0 fully saturated rings. The van der Waals surface area contributed by atoms with Gasteiger partial charge in [-0.15, -0.1) is 0 Å². The van der Waals surface area contributed by atoms with Crippen LogP contribution in [0.25, 0.3) is 22.0 Å². The molecule has 1 heterocycles. The summed E-state index contributed by atoms with van der Waals surface area (Å²) in [6.07, 6.45) is 0.